The second kappa shape index (κ2) is 12.5. The number of halogens is 2. The minimum atomic E-state index is -1.21. The van der Waals surface area contributed by atoms with Gasteiger partial charge < -0.3 is 29.6 Å². The molecule has 1 spiro atoms. The molecule has 0 bridgehead atoms. The maximum atomic E-state index is 12.2. The lowest BCUT2D eigenvalue weighted by molar-refractivity contribution is -0.139. The summed E-state index contributed by atoms with van der Waals surface area (Å²) in [6.45, 7) is 0. The van der Waals surface area contributed by atoms with Crippen LogP contribution in [0.25, 0.3) is 0 Å². The Morgan fingerprint density at radius 2 is 1.61 bits per heavy atom. The number of nitrogens with one attached hydrogen (secondary N) is 1. The van der Waals surface area contributed by atoms with Crippen LogP contribution in [0.3, 0.4) is 0 Å². The van der Waals surface area contributed by atoms with Gasteiger partial charge in [0, 0.05) is 28.7 Å². The fourth-order valence-electron chi connectivity index (χ4n) is 3.45. The molecule has 5 rings (SSSR count). The lowest BCUT2D eigenvalue weighted by Crippen LogP contribution is -2.46. The van der Waals surface area contributed by atoms with E-state index in [1.165, 1.54) is 11.2 Å². The van der Waals surface area contributed by atoms with Crippen molar-refractivity contribution in [1.29, 1.82) is 0 Å². The highest BCUT2D eigenvalue weighted by Crippen LogP contribution is 2.51. The van der Waals surface area contributed by atoms with Crippen LogP contribution in [0.2, 0.25) is 0 Å². The SMILES string of the molecule is CN1C(=O)[C@@]2(OC=C2C=O)c2cc(Br)ccc21.CO.O=C1Nc2ccc(Br)cc2C1=O.O=CCC=O. The second-order valence-electron chi connectivity index (χ2n) is 7.06. The molecule has 2 aromatic rings. The van der Waals surface area contributed by atoms with Gasteiger partial charge in [-0.15, -0.1) is 0 Å². The first-order valence-electron chi connectivity index (χ1n) is 10.1. The van der Waals surface area contributed by atoms with Crippen molar-refractivity contribution in [3.63, 3.8) is 0 Å². The fourth-order valence-corrected chi connectivity index (χ4v) is 4.17. The van der Waals surface area contributed by atoms with Crippen LogP contribution in [0, 0.1) is 0 Å². The number of aldehydes is 3. The largest absolute Gasteiger partial charge is 0.474 e. The van der Waals surface area contributed by atoms with E-state index in [9.17, 15) is 28.8 Å². The first-order chi connectivity index (χ1) is 17.2. The number of ether oxygens (including phenoxy) is 1. The Labute approximate surface area is 222 Å². The number of likely N-dealkylation sites (N-methyl/N-ethyl adjacent to an activating group) is 1. The van der Waals surface area contributed by atoms with E-state index in [-0.39, 0.29) is 12.3 Å². The van der Waals surface area contributed by atoms with E-state index in [0.717, 1.165) is 21.7 Å². The van der Waals surface area contributed by atoms with Gasteiger partial charge in [-0.1, -0.05) is 31.9 Å². The lowest BCUT2D eigenvalue weighted by atomic mass is 9.85. The normalized spacial score (nSPS) is 17.8. The molecule has 36 heavy (non-hydrogen) atoms. The van der Waals surface area contributed by atoms with Gasteiger partial charge in [0.1, 0.15) is 12.6 Å². The van der Waals surface area contributed by atoms with Crippen LogP contribution in [0.1, 0.15) is 22.3 Å². The van der Waals surface area contributed by atoms with E-state index in [2.05, 4.69) is 37.2 Å². The maximum absolute atomic E-state index is 12.2. The molecular weight excluding hydrogens is 604 g/mol. The molecule has 0 fully saturated rings. The van der Waals surface area contributed by atoms with E-state index < -0.39 is 17.3 Å². The summed E-state index contributed by atoms with van der Waals surface area (Å²) in [5, 5.41) is 9.47. The summed E-state index contributed by atoms with van der Waals surface area (Å²) in [5.41, 5.74) is 1.67. The van der Waals surface area contributed by atoms with Crippen LogP contribution < -0.4 is 10.2 Å². The molecule has 1 atom stereocenters. The number of rotatable bonds is 3. The Balaban J connectivity index is 0.000000210. The van der Waals surface area contributed by atoms with E-state index in [4.69, 9.17) is 9.84 Å². The number of carbonyl (C=O) groups excluding carboxylic acids is 6. The van der Waals surface area contributed by atoms with Crippen molar-refractivity contribution >= 4 is 79.7 Å². The zero-order chi connectivity index (χ0) is 27.0. The van der Waals surface area contributed by atoms with Gasteiger partial charge in [-0.3, -0.25) is 19.2 Å². The van der Waals surface area contributed by atoms with E-state index in [1.807, 2.05) is 18.2 Å². The number of hydrogen-bond donors (Lipinski definition) is 2. The minimum absolute atomic E-state index is 0.0278. The summed E-state index contributed by atoms with van der Waals surface area (Å²) in [6, 6.07) is 10.6. The minimum Gasteiger partial charge on any atom is -0.474 e. The van der Waals surface area contributed by atoms with Crippen LogP contribution in [0.5, 0.6) is 0 Å². The van der Waals surface area contributed by atoms with Crippen molar-refractivity contribution in [2.24, 2.45) is 0 Å². The number of carbonyl (C=O) groups is 6. The number of benzene rings is 2. The first kappa shape index (κ1) is 28.8. The Hall–Kier alpha value is -3.48. The summed E-state index contributed by atoms with van der Waals surface area (Å²) in [7, 11) is 2.67. The van der Waals surface area contributed by atoms with Crippen LogP contribution in [-0.2, 0) is 34.3 Å². The molecule has 10 nitrogen and oxygen atoms in total. The third kappa shape index (κ3) is 5.35. The molecule has 3 aliphatic heterocycles. The average Bonchev–Trinajstić information content (AvgIpc) is 3.26. The topological polar surface area (TPSA) is 147 Å². The molecule has 3 aliphatic rings. The number of amides is 2. The average molecular weight is 624 g/mol. The number of nitrogens with zero attached hydrogens (tertiary/aromatic N) is 1. The number of aliphatic hydroxyl groups is 1. The van der Waals surface area contributed by atoms with E-state index in [0.29, 0.717) is 41.2 Å². The van der Waals surface area contributed by atoms with Gasteiger partial charge in [-0.2, -0.15) is 0 Å². The predicted molar refractivity (Wildman–Crippen MR) is 136 cm³/mol. The number of aliphatic hydroxyl groups excluding tert-OH is 1. The molecule has 2 aromatic carbocycles. The standard InChI is InChI=1S/C12H8BrNO3.C8H4BrNO2.C3H4O2.CH4O/c1-14-10-3-2-8(13)4-9(10)12(11(14)16)7(5-15)6-17-12;9-4-1-2-6-5(3-4)7(11)8(12)10-6;4-2-1-3-5;1-2/h2-6H,1H3;1-3H,(H,10,11,12);2-3H,1H2;2H,1H3/t12-;;;/m0.../s1. The van der Waals surface area contributed by atoms with Crippen LogP contribution in [0.4, 0.5) is 11.4 Å². The Morgan fingerprint density at radius 1 is 1.00 bits per heavy atom. The van der Waals surface area contributed by atoms with Crippen molar-refractivity contribution < 1.29 is 38.6 Å². The highest BCUT2D eigenvalue weighted by Gasteiger charge is 2.58. The highest BCUT2D eigenvalue weighted by molar-refractivity contribution is 9.10. The quantitative estimate of drug-likeness (QED) is 0.301. The molecule has 2 amide bonds. The fraction of sp³-hybridized carbons (Fsp3) is 0.167. The van der Waals surface area contributed by atoms with Gasteiger partial charge in [0.2, 0.25) is 5.60 Å². The monoisotopic (exact) mass is 622 g/mol. The van der Waals surface area contributed by atoms with Crippen molar-refractivity contribution in [3.8, 4) is 0 Å². The molecular formula is C24H20Br2N2O8. The van der Waals surface area contributed by atoms with Gasteiger partial charge in [0.25, 0.3) is 17.6 Å². The van der Waals surface area contributed by atoms with Gasteiger partial charge in [-0.25, -0.2) is 0 Å². The van der Waals surface area contributed by atoms with Gasteiger partial charge in [-0.05, 0) is 36.4 Å². The van der Waals surface area contributed by atoms with Crippen molar-refractivity contribution in [3.05, 3.63) is 68.3 Å². The lowest BCUT2D eigenvalue weighted by Gasteiger charge is -2.34. The Morgan fingerprint density at radius 3 is 2.14 bits per heavy atom. The summed E-state index contributed by atoms with van der Waals surface area (Å²) >= 11 is 6.58. The zero-order valence-corrected chi connectivity index (χ0v) is 22.2. The Bertz CT molecular complexity index is 1250. The second-order valence-corrected chi connectivity index (χ2v) is 8.89. The zero-order valence-electron chi connectivity index (χ0n) is 19.0. The Kier molecular flexibility index (Phi) is 9.96. The smallest absolute Gasteiger partial charge is 0.296 e. The molecule has 0 unspecified atom stereocenters. The summed E-state index contributed by atoms with van der Waals surface area (Å²) < 4.78 is 6.99. The third-order valence-corrected chi connectivity index (χ3v) is 6.06. The molecule has 2 N–H and O–H groups in total. The van der Waals surface area contributed by atoms with Crippen LogP contribution >= 0.6 is 31.9 Å². The van der Waals surface area contributed by atoms with Gasteiger partial charge >= 0.3 is 0 Å². The summed E-state index contributed by atoms with van der Waals surface area (Å²) in [6.07, 6.45) is 3.15. The molecule has 12 heteroatoms. The number of hydrogen-bond acceptors (Lipinski definition) is 8. The van der Waals surface area contributed by atoms with Crippen molar-refractivity contribution in [2.75, 3.05) is 24.4 Å². The summed E-state index contributed by atoms with van der Waals surface area (Å²) in [4.78, 5) is 65.0. The summed E-state index contributed by atoms with van der Waals surface area (Å²) in [5.74, 6) is -1.25. The van der Waals surface area contributed by atoms with Crippen molar-refractivity contribution in [1.82, 2.24) is 0 Å². The predicted octanol–water partition coefficient (Wildman–Crippen LogP) is 2.70. The van der Waals surface area contributed by atoms with Gasteiger partial charge in [0.05, 0.1) is 35.2 Å². The third-order valence-electron chi connectivity index (χ3n) is 5.07. The van der Waals surface area contributed by atoms with Crippen molar-refractivity contribution in [2.45, 2.75) is 12.0 Å². The first-order valence-corrected chi connectivity index (χ1v) is 11.7. The molecule has 0 aromatic heterocycles. The van der Waals surface area contributed by atoms with E-state index >= 15 is 0 Å². The van der Waals surface area contributed by atoms with Crippen LogP contribution in [0.15, 0.2) is 57.2 Å². The molecule has 0 aliphatic carbocycles. The maximum Gasteiger partial charge on any atom is 0.296 e. The number of fused-ring (bicyclic) bond motifs is 3. The molecule has 0 saturated carbocycles. The van der Waals surface area contributed by atoms with Gasteiger partial charge in [0.15, 0.2) is 6.29 Å². The molecule has 0 saturated heterocycles. The molecule has 3 heterocycles. The molecule has 0 radical (unpaired) electrons. The number of anilines is 2. The number of ketones is 1. The number of Topliss-reactive ketones (excluding diaryl/α,β-unsaturated/α-hetero) is 1. The van der Waals surface area contributed by atoms with E-state index in [1.54, 1.807) is 25.2 Å². The highest BCUT2D eigenvalue weighted by atomic mass is 79.9. The molecule has 188 valence electrons. The van der Waals surface area contributed by atoms with Crippen LogP contribution in [-0.4, -0.2) is 55.7 Å².